The largest absolute Gasteiger partial charge is 0.321 e. The second kappa shape index (κ2) is 9.35. The number of para-hydroxylation sites is 1. The van der Waals surface area contributed by atoms with E-state index in [-0.39, 0.29) is 17.4 Å². The summed E-state index contributed by atoms with van der Waals surface area (Å²) in [7, 11) is 1.73. The number of aryl methyl sites for hydroxylation is 1. The van der Waals surface area contributed by atoms with Gasteiger partial charge in [-0.2, -0.15) is 0 Å². The predicted octanol–water partition coefficient (Wildman–Crippen LogP) is 4.08. The standard InChI is InChI=1S/C26H33N5O2/c1-17-8-7-9-18(16-17)28-25(33)30-23-24(32)31(4)21-11-6-5-10-19(21)22(29-23)20-12-13-26(2,3)14-15-27-20/h5-11,16,20,23,27H,12-15H2,1-4H3,(H2,28,30,33)/t20-,23+/m0/s1. The van der Waals surface area contributed by atoms with Crippen LogP contribution in [0.1, 0.15) is 44.2 Å². The summed E-state index contributed by atoms with van der Waals surface area (Å²) in [6.45, 7) is 7.42. The zero-order valence-electron chi connectivity index (χ0n) is 19.8. The van der Waals surface area contributed by atoms with Gasteiger partial charge in [-0.05, 0) is 61.9 Å². The predicted molar refractivity (Wildman–Crippen MR) is 133 cm³/mol. The van der Waals surface area contributed by atoms with Crippen molar-refractivity contribution in [3.05, 3.63) is 59.7 Å². The Bertz CT molecular complexity index is 1080. The highest BCUT2D eigenvalue weighted by atomic mass is 16.2. The number of amides is 3. The molecule has 0 unspecified atom stereocenters. The molecule has 2 aromatic carbocycles. The van der Waals surface area contributed by atoms with E-state index in [4.69, 9.17) is 4.99 Å². The number of nitrogens with one attached hydrogen (secondary N) is 3. The molecule has 7 heteroatoms. The molecule has 7 nitrogen and oxygen atoms in total. The maximum Gasteiger partial charge on any atom is 0.321 e. The average Bonchev–Trinajstić information content (AvgIpc) is 3.01. The number of benzodiazepines with no additional fused rings is 1. The molecule has 2 aliphatic rings. The van der Waals surface area contributed by atoms with E-state index in [1.165, 1.54) is 0 Å². The summed E-state index contributed by atoms with van der Waals surface area (Å²) in [4.78, 5) is 32.5. The normalized spacial score (nSPS) is 22.5. The molecule has 3 amide bonds. The smallest absolute Gasteiger partial charge is 0.311 e. The molecule has 2 aromatic rings. The van der Waals surface area contributed by atoms with Crippen LogP contribution in [-0.4, -0.2) is 43.5 Å². The Kier molecular flexibility index (Phi) is 6.51. The van der Waals surface area contributed by atoms with Crippen molar-refractivity contribution in [1.29, 1.82) is 0 Å². The summed E-state index contributed by atoms with van der Waals surface area (Å²) in [5.74, 6) is -0.272. The van der Waals surface area contributed by atoms with Crippen molar-refractivity contribution >= 4 is 29.0 Å². The fourth-order valence-electron chi connectivity index (χ4n) is 4.51. The van der Waals surface area contributed by atoms with Crippen molar-refractivity contribution in [2.45, 2.75) is 52.2 Å². The molecule has 2 aliphatic heterocycles. The van der Waals surface area contributed by atoms with Crippen LogP contribution in [0.4, 0.5) is 16.2 Å². The number of likely N-dealkylation sites (N-methyl/N-ethyl adjacent to an activating group) is 1. The molecule has 0 saturated carbocycles. The number of carbonyl (C=O) groups is 2. The number of nitrogens with zero attached hydrogens (tertiary/aromatic N) is 2. The Labute approximate surface area is 195 Å². The van der Waals surface area contributed by atoms with E-state index in [0.717, 1.165) is 48.3 Å². The Morgan fingerprint density at radius 2 is 1.94 bits per heavy atom. The van der Waals surface area contributed by atoms with Gasteiger partial charge in [0.05, 0.1) is 11.4 Å². The summed E-state index contributed by atoms with van der Waals surface area (Å²) in [6.07, 6.45) is 2.04. The highest BCUT2D eigenvalue weighted by molar-refractivity contribution is 6.15. The Hall–Kier alpha value is -3.19. The van der Waals surface area contributed by atoms with E-state index < -0.39 is 12.2 Å². The van der Waals surface area contributed by atoms with E-state index in [1.807, 2.05) is 55.5 Å². The average molecular weight is 448 g/mol. The number of aliphatic imine (C=N–C) groups is 1. The Morgan fingerprint density at radius 3 is 2.73 bits per heavy atom. The van der Waals surface area contributed by atoms with Crippen molar-refractivity contribution in [2.24, 2.45) is 10.4 Å². The van der Waals surface area contributed by atoms with Crippen LogP contribution in [0.5, 0.6) is 0 Å². The number of benzene rings is 2. The molecule has 33 heavy (non-hydrogen) atoms. The Morgan fingerprint density at radius 1 is 1.15 bits per heavy atom. The first-order chi connectivity index (χ1) is 15.7. The van der Waals surface area contributed by atoms with Crippen LogP contribution in [-0.2, 0) is 4.79 Å². The molecule has 1 saturated heterocycles. The van der Waals surface area contributed by atoms with E-state index in [0.29, 0.717) is 5.69 Å². The lowest BCUT2D eigenvalue weighted by molar-refractivity contribution is -0.119. The maximum atomic E-state index is 13.3. The van der Waals surface area contributed by atoms with Crippen molar-refractivity contribution in [2.75, 3.05) is 23.8 Å². The second-order valence-electron chi connectivity index (χ2n) is 9.76. The minimum Gasteiger partial charge on any atom is -0.311 e. The third-order valence-corrected chi connectivity index (χ3v) is 6.55. The molecule has 2 atom stereocenters. The molecule has 0 aliphatic carbocycles. The van der Waals surface area contributed by atoms with Crippen LogP contribution in [0.2, 0.25) is 0 Å². The molecule has 0 radical (unpaired) electrons. The van der Waals surface area contributed by atoms with Crippen LogP contribution in [0.15, 0.2) is 53.5 Å². The van der Waals surface area contributed by atoms with Gasteiger partial charge in [0.2, 0.25) is 6.17 Å². The second-order valence-corrected chi connectivity index (χ2v) is 9.76. The summed E-state index contributed by atoms with van der Waals surface area (Å²) in [5, 5.41) is 9.24. The van der Waals surface area contributed by atoms with E-state index >= 15 is 0 Å². The molecule has 2 heterocycles. The van der Waals surface area contributed by atoms with Gasteiger partial charge in [0.25, 0.3) is 5.91 Å². The molecule has 174 valence electrons. The lowest BCUT2D eigenvalue weighted by atomic mass is 9.84. The monoisotopic (exact) mass is 447 g/mol. The first-order valence-corrected chi connectivity index (χ1v) is 11.6. The van der Waals surface area contributed by atoms with Gasteiger partial charge in [-0.1, -0.05) is 44.2 Å². The van der Waals surface area contributed by atoms with Gasteiger partial charge < -0.3 is 20.9 Å². The van der Waals surface area contributed by atoms with E-state index in [2.05, 4.69) is 29.8 Å². The van der Waals surface area contributed by atoms with Crippen LogP contribution in [0.3, 0.4) is 0 Å². The van der Waals surface area contributed by atoms with Crippen molar-refractivity contribution < 1.29 is 9.59 Å². The number of rotatable bonds is 3. The minimum absolute atomic E-state index is 0.0105. The maximum absolute atomic E-state index is 13.3. The summed E-state index contributed by atoms with van der Waals surface area (Å²) < 4.78 is 0. The van der Waals surface area contributed by atoms with Gasteiger partial charge in [-0.15, -0.1) is 0 Å². The summed E-state index contributed by atoms with van der Waals surface area (Å²) >= 11 is 0. The van der Waals surface area contributed by atoms with E-state index in [1.54, 1.807) is 11.9 Å². The van der Waals surface area contributed by atoms with Gasteiger partial charge in [0, 0.05) is 24.3 Å². The number of fused-ring (bicyclic) bond motifs is 1. The lowest BCUT2D eigenvalue weighted by Gasteiger charge is -2.22. The summed E-state index contributed by atoms with van der Waals surface area (Å²) in [5.41, 5.74) is 4.51. The van der Waals surface area contributed by atoms with E-state index in [9.17, 15) is 9.59 Å². The van der Waals surface area contributed by atoms with Gasteiger partial charge >= 0.3 is 6.03 Å². The molecule has 0 spiro atoms. The number of carbonyl (C=O) groups excluding carboxylic acids is 2. The van der Waals surface area contributed by atoms with Crippen molar-refractivity contribution in [3.63, 3.8) is 0 Å². The van der Waals surface area contributed by atoms with Crippen molar-refractivity contribution in [1.82, 2.24) is 10.6 Å². The fourth-order valence-corrected chi connectivity index (χ4v) is 4.51. The van der Waals surface area contributed by atoms with Gasteiger partial charge in [-0.3, -0.25) is 9.79 Å². The molecular formula is C26H33N5O2. The fraction of sp³-hybridized carbons (Fsp3) is 0.423. The van der Waals surface area contributed by atoms with Crippen LogP contribution < -0.4 is 20.9 Å². The first-order valence-electron chi connectivity index (χ1n) is 11.6. The molecule has 0 aromatic heterocycles. The lowest BCUT2D eigenvalue weighted by Crippen LogP contribution is -2.47. The Balaban J connectivity index is 1.64. The first kappa shape index (κ1) is 23.0. The third-order valence-electron chi connectivity index (χ3n) is 6.55. The van der Waals surface area contributed by atoms with Gasteiger partial charge in [0.1, 0.15) is 0 Å². The molecule has 4 rings (SSSR count). The molecular weight excluding hydrogens is 414 g/mol. The molecule has 1 fully saturated rings. The zero-order valence-corrected chi connectivity index (χ0v) is 19.8. The van der Waals surface area contributed by atoms with Crippen molar-refractivity contribution in [3.8, 4) is 0 Å². The van der Waals surface area contributed by atoms with Crippen LogP contribution in [0.25, 0.3) is 0 Å². The number of hydrogen-bond acceptors (Lipinski definition) is 4. The molecule has 0 bridgehead atoms. The van der Waals surface area contributed by atoms with Crippen LogP contribution >= 0.6 is 0 Å². The zero-order chi connectivity index (χ0) is 23.6. The van der Waals surface area contributed by atoms with Crippen LogP contribution in [0, 0.1) is 12.3 Å². The summed E-state index contributed by atoms with van der Waals surface area (Å²) in [6, 6.07) is 14.9. The topological polar surface area (TPSA) is 85.8 Å². The van der Waals surface area contributed by atoms with Gasteiger partial charge in [-0.25, -0.2) is 4.79 Å². The SMILES string of the molecule is Cc1cccc(NC(=O)N[C@H]2N=C([C@@H]3CCC(C)(C)CCN3)c3ccccc3N(C)C2=O)c1. The third kappa shape index (κ3) is 5.25. The number of hydrogen-bond donors (Lipinski definition) is 3. The minimum atomic E-state index is -1.01. The quantitative estimate of drug-likeness (QED) is 0.663. The highest BCUT2D eigenvalue weighted by Crippen LogP contribution is 2.32. The van der Waals surface area contributed by atoms with Gasteiger partial charge in [0.15, 0.2) is 0 Å². The highest BCUT2D eigenvalue weighted by Gasteiger charge is 2.34. The number of anilines is 2. The number of urea groups is 1. The molecule has 3 N–H and O–H groups in total.